The van der Waals surface area contributed by atoms with Gasteiger partial charge in [0.2, 0.25) is 0 Å². The number of nitro benzene ring substituents is 1. The number of nitrogens with zero attached hydrogens (tertiary/aromatic N) is 2. The Labute approximate surface area is 113 Å². The molecule has 0 spiro atoms. The number of nitro groups is 1. The van der Waals surface area contributed by atoms with Crippen molar-refractivity contribution in [2.24, 2.45) is 5.84 Å². The number of carbonyl (C=O) groups excluding carboxylic acids is 1. The summed E-state index contributed by atoms with van der Waals surface area (Å²) in [6.07, 6.45) is 2.87. The first-order valence-corrected chi connectivity index (χ1v) is 5.58. The number of pyridine rings is 1. The lowest BCUT2D eigenvalue weighted by atomic mass is 10.2. The van der Waals surface area contributed by atoms with Crippen molar-refractivity contribution in [3.05, 3.63) is 58.4 Å². The molecule has 20 heavy (non-hydrogen) atoms. The summed E-state index contributed by atoms with van der Waals surface area (Å²) in [6, 6.07) is 7.07. The average Bonchev–Trinajstić information content (AvgIpc) is 2.47. The molecule has 1 heterocycles. The molecule has 0 saturated carbocycles. The molecule has 8 nitrogen and oxygen atoms in total. The van der Waals surface area contributed by atoms with Crippen molar-refractivity contribution < 1.29 is 9.72 Å². The molecule has 0 unspecified atom stereocenters. The van der Waals surface area contributed by atoms with E-state index in [0.29, 0.717) is 11.4 Å². The maximum absolute atomic E-state index is 12.0. The van der Waals surface area contributed by atoms with Crippen LogP contribution in [-0.4, -0.2) is 15.8 Å². The molecule has 0 fully saturated rings. The Bertz CT molecular complexity index is 642. The van der Waals surface area contributed by atoms with Crippen LogP contribution < -0.4 is 16.6 Å². The van der Waals surface area contributed by atoms with Gasteiger partial charge in [-0.15, -0.1) is 0 Å². The second kappa shape index (κ2) is 5.76. The molecular formula is C12H11N5O3. The van der Waals surface area contributed by atoms with Crippen molar-refractivity contribution in [1.82, 2.24) is 4.98 Å². The number of amides is 1. The zero-order valence-electron chi connectivity index (χ0n) is 10.2. The molecule has 0 radical (unpaired) electrons. The van der Waals surface area contributed by atoms with Crippen molar-refractivity contribution in [3.63, 3.8) is 0 Å². The maximum Gasteiger partial charge on any atom is 0.269 e. The number of nitrogen functional groups attached to an aromatic ring is 1. The highest BCUT2D eigenvalue weighted by molar-refractivity contribution is 6.07. The zero-order chi connectivity index (χ0) is 14.5. The Balaban J connectivity index is 2.17. The van der Waals surface area contributed by atoms with Crippen molar-refractivity contribution in [2.45, 2.75) is 0 Å². The number of hydrazine groups is 1. The number of non-ortho nitro benzene ring substituents is 1. The molecule has 2 rings (SSSR count). The molecule has 4 N–H and O–H groups in total. The van der Waals surface area contributed by atoms with Crippen LogP contribution in [0, 0.1) is 10.1 Å². The van der Waals surface area contributed by atoms with E-state index in [1.165, 1.54) is 36.7 Å². The van der Waals surface area contributed by atoms with Gasteiger partial charge in [-0.25, -0.2) is 0 Å². The van der Waals surface area contributed by atoms with Gasteiger partial charge in [0.25, 0.3) is 11.6 Å². The predicted molar refractivity (Wildman–Crippen MR) is 73.1 cm³/mol. The fourth-order valence-corrected chi connectivity index (χ4v) is 1.57. The standard InChI is InChI=1S/C12H11N5O3/c13-16-11-5-6-14-7-10(11)12(18)15-8-1-3-9(4-2-8)17(19)20/h1-7H,13H2,(H,14,16)(H,15,18). The van der Waals surface area contributed by atoms with Gasteiger partial charge in [-0.2, -0.15) is 0 Å². The minimum Gasteiger partial charge on any atom is -0.323 e. The van der Waals surface area contributed by atoms with E-state index in [-0.39, 0.29) is 11.3 Å². The third kappa shape index (κ3) is 2.87. The number of rotatable bonds is 4. The summed E-state index contributed by atoms with van der Waals surface area (Å²) in [6.45, 7) is 0. The molecule has 102 valence electrons. The molecule has 0 bridgehead atoms. The van der Waals surface area contributed by atoms with Crippen LogP contribution in [0.5, 0.6) is 0 Å². The third-order valence-corrected chi connectivity index (χ3v) is 2.56. The van der Waals surface area contributed by atoms with Crippen LogP contribution >= 0.6 is 0 Å². The first kappa shape index (κ1) is 13.4. The Morgan fingerprint density at radius 1 is 1.25 bits per heavy atom. The van der Waals surface area contributed by atoms with Crippen LogP contribution in [0.15, 0.2) is 42.7 Å². The van der Waals surface area contributed by atoms with Gasteiger partial charge in [0.05, 0.1) is 16.2 Å². The number of hydrogen-bond acceptors (Lipinski definition) is 6. The largest absolute Gasteiger partial charge is 0.323 e. The summed E-state index contributed by atoms with van der Waals surface area (Å²) < 4.78 is 0. The Hall–Kier alpha value is -3.00. The van der Waals surface area contributed by atoms with Crippen molar-refractivity contribution in [3.8, 4) is 0 Å². The van der Waals surface area contributed by atoms with E-state index in [1.807, 2.05) is 0 Å². The first-order valence-electron chi connectivity index (χ1n) is 5.58. The van der Waals surface area contributed by atoms with Crippen LogP contribution in [0.2, 0.25) is 0 Å². The number of anilines is 2. The van der Waals surface area contributed by atoms with Gasteiger partial charge in [0, 0.05) is 30.2 Å². The average molecular weight is 273 g/mol. The quantitative estimate of drug-likeness (QED) is 0.441. The highest BCUT2D eigenvalue weighted by Crippen LogP contribution is 2.18. The molecule has 0 saturated heterocycles. The molecule has 2 aromatic rings. The highest BCUT2D eigenvalue weighted by Gasteiger charge is 2.12. The number of benzene rings is 1. The normalized spacial score (nSPS) is 9.85. The van der Waals surface area contributed by atoms with Gasteiger partial charge in [-0.3, -0.25) is 25.7 Å². The number of nitrogens with two attached hydrogens (primary N) is 1. The first-order chi connectivity index (χ1) is 9.61. The van der Waals surface area contributed by atoms with E-state index >= 15 is 0 Å². The van der Waals surface area contributed by atoms with E-state index in [9.17, 15) is 14.9 Å². The van der Waals surface area contributed by atoms with E-state index in [1.54, 1.807) is 6.07 Å². The lowest BCUT2D eigenvalue weighted by molar-refractivity contribution is -0.384. The van der Waals surface area contributed by atoms with Crippen LogP contribution in [0.4, 0.5) is 17.1 Å². The van der Waals surface area contributed by atoms with Gasteiger partial charge in [-0.05, 0) is 18.2 Å². The van der Waals surface area contributed by atoms with E-state index in [2.05, 4.69) is 15.7 Å². The zero-order valence-corrected chi connectivity index (χ0v) is 10.2. The van der Waals surface area contributed by atoms with Gasteiger partial charge in [0.15, 0.2) is 0 Å². The summed E-state index contributed by atoms with van der Waals surface area (Å²) in [7, 11) is 0. The van der Waals surface area contributed by atoms with E-state index in [4.69, 9.17) is 5.84 Å². The fourth-order valence-electron chi connectivity index (χ4n) is 1.57. The second-order valence-corrected chi connectivity index (χ2v) is 3.82. The molecule has 1 aromatic carbocycles. The molecule has 0 aliphatic rings. The second-order valence-electron chi connectivity index (χ2n) is 3.82. The SMILES string of the molecule is NNc1ccncc1C(=O)Nc1ccc([N+](=O)[O-])cc1. The number of nitrogens with one attached hydrogen (secondary N) is 2. The lowest BCUT2D eigenvalue weighted by Crippen LogP contribution is -2.17. The summed E-state index contributed by atoms with van der Waals surface area (Å²) in [5.74, 6) is 4.89. The van der Waals surface area contributed by atoms with Crippen molar-refractivity contribution in [1.29, 1.82) is 0 Å². The molecule has 8 heteroatoms. The smallest absolute Gasteiger partial charge is 0.269 e. The Kier molecular flexibility index (Phi) is 3.87. The minimum absolute atomic E-state index is 0.0475. The molecule has 0 aliphatic heterocycles. The molecule has 1 amide bonds. The van der Waals surface area contributed by atoms with E-state index in [0.717, 1.165) is 0 Å². The Morgan fingerprint density at radius 2 is 1.95 bits per heavy atom. The lowest BCUT2D eigenvalue weighted by Gasteiger charge is -2.08. The number of hydrogen-bond donors (Lipinski definition) is 3. The number of carbonyl (C=O) groups is 1. The highest BCUT2D eigenvalue weighted by atomic mass is 16.6. The van der Waals surface area contributed by atoms with Crippen LogP contribution in [0.3, 0.4) is 0 Å². The van der Waals surface area contributed by atoms with E-state index < -0.39 is 10.8 Å². The van der Waals surface area contributed by atoms with Gasteiger partial charge in [0.1, 0.15) is 0 Å². The summed E-state index contributed by atoms with van der Waals surface area (Å²) in [5.41, 5.74) is 3.49. The van der Waals surface area contributed by atoms with Crippen LogP contribution in [0.1, 0.15) is 10.4 Å². The topological polar surface area (TPSA) is 123 Å². The van der Waals surface area contributed by atoms with Crippen LogP contribution in [-0.2, 0) is 0 Å². The van der Waals surface area contributed by atoms with Gasteiger partial charge in [-0.1, -0.05) is 0 Å². The summed E-state index contributed by atoms with van der Waals surface area (Å²) in [4.78, 5) is 25.9. The van der Waals surface area contributed by atoms with Crippen molar-refractivity contribution in [2.75, 3.05) is 10.7 Å². The minimum atomic E-state index is -0.511. The summed E-state index contributed by atoms with van der Waals surface area (Å²) >= 11 is 0. The van der Waals surface area contributed by atoms with Crippen LogP contribution in [0.25, 0.3) is 0 Å². The number of aromatic nitrogens is 1. The molecular weight excluding hydrogens is 262 g/mol. The predicted octanol–water partition coefficient (Wildman–Crippen LogP) is 1.53. The third-order valence-electron chi connectivity index (χ3n) is 2.56. The maximum atomic E-state index is 12.0. The molecule has 0 atom stereocenters. The molecule has 1 aromatic heterocycles. The fraction of sp³-hybridized carbons (Fsp3) is 0. The van der Waals surface area contributed by atoms with Gasteiger partial charge < -0.3 is 10.7 Å². The van der Waals surface area contributed by atoms with Gasteiger partial charge >= 0.3 is 0 Å². The Morgan fingerprint density at radius 3 is 2.55 bits per heavy atom. The summed E-state index contributed by atoms with van der Waals surface area (Å²) in [5, 5.41) is 13.1. The molecule has 0 aliphatic carbocycles. The van der Waals surface area contributed by atoms with Crippen molar-refractivity contribution >= 4 is 23.0 Å². The monoisotopic (exact) mass is 273 g/mol.